The number of hydrogen-bond acceptors (Lipinski definition) is 8. The minimum atomic E-state index is -4.38. The molecule has 0 saturated carbocycles. The average molecular weight is 973 g/mol. The van der Waals surface area contributed by atoms with Crippen LogP contribution in [-0.2, 0) is 32.7 Å². The number of ether oxygens (including phenoxy) is 2. The van der Waals surface area contributed by atoms with Gasteiger partial charge in [-0.2, -0.15) is 0 Å². The molecule has 0 bridgehead atoms. The molecule has 2 unspecified atom stereocenters. The normalized spacial score (nSPS) is 13.0. The number of nitrogens with two attached hydrogens (primary N) is 1. The Bertz CT molecular complexity index is 1060. The van der Waals surface area contributed by atoms with Crippen molar-refractivity contribution in [2.75, 3.05) is 26.4 Å². The predicted molar refractivity (Wildman–Crippen MR) is 285 cm³/mol. The number of hydrogen-bond donors (Lipinski definition) is 2. The van der Waals surface area contributed by atoms with Crippen molar-refractivity contribution in [1.82, 2.24) is 0 Å². The van der Waals surface area contributed by atoms with E-state index >= 15 is 0 Å². The van der Waals surface area contributed by atoms with Gasteiger partial charge in [0.2, 0.25) is 0 Å². The van der Waals surface area contributed by atoms with Gasteiger partial charge in [0.1, 0.15) is 6.61 Å². The second-order valence-electron chi connectivity index (χ2n) is 20.2. The fraction of sp³-hybridized carbons (Fsp3) is 0.965. The number of esters is 2. The molecule has 0 radical (unpaired) electrons. The van der Waals surface area contributed by atoms with Gasteiger partial charge in [-0.3, -0.25) is 18.6 Å². The molecule has 67 heavy (non-hydrogen) atoms. The van der Waals surface area contributed by atoms with Gasteiger partial charge in [0.05, 0.1) is 13.2 Å². The molecule has 0 rings (SSSR count). The van der Waals surface area contributed by atoms with E-state index < -0.39 is 26.5 Å². The Hall–Kier alpha value is -0.990. The lowest BCUT2D eigenvalue weighted by Gasteiger charge is -2.19. The van der Waals surface area contributed by atoms with Crippen LogP contribution in [0.25, 0.3) is 0 Å². The van der Waals surface area contributed by atoms with Crippen molar-refractivity contribution in [3.63, 3.8) is 0 Å². The predicted octanol–water partition coefficient (Wildman–Crippen LogP) is 18.3. The van der Waals surface area contributed by atoms with Crippen LogP contribution in [0.3, 0.4) is 0 Å². The zero-order chi connectivity index (χ0) is 48.8. The van der Waals surface area contributed by atoms with Crippen molar-refractivity contribution in [1.29, 1.82) is 0 Å². The molecule has 0 heterocycles. The lowest BCUT2D eigenvalue weighted by atomic mass is 10.0. The lowest BCUT2D eigenvalue weighted by molar-refractivity contribution is -0.161. The summed E-state index contributed by atoms with van der Waals surface area (Å²) in [7, 11) is -4.38. The van der Waals surface area contributed by atoms with E-state index in [-0.39, 0.29) is 38.6 Å². The van der Waals surface area contributed by atoms with Crippen molar-refractivity contribution in [3.8, 4) is 0 Å². The molecule has 0 fully saturated rings. The zero-order valence-corrected chi connectivity index (χ0v) is 45.6. The van der Waals surface area contributed by atoms with Crippen LogP contribution in [0.2, 0.25) is 0 Å². The van der Waals surface area contributed by atoms with Crippen molar-refractivity contribution < 1.29 is 37.6 Å². The van der Waals surface area contributed by atoms with Crippen molar-refractivity contribution in [3.05, 3.63) is 0 Å². The second-order valence-corrected chi connectivity index (χ2v) is 21.7. The Balaban J connectivity index is 3.84. The van der Waals surface area contributed by atoms with Gasteiger partial charge in [0.25, 0.3) is 0 Å². The van der Waals surface area contributed by atoms with Crippen LogP contribution in [0.4, 0.5) is 0 Å². The lowest BCUT2D eigenvalue weighted by Crippen LogP contribution is -2.29. The smallest absolute Gasteiger partial charge is 0.462 e. The first-order valence-corrected chi connectivity index (χ1v) is 31.0. The Morgan fingerprint density at radius 2 is 0.642 bits per heavy atom. The van der Waals surface area contributed by atoms with Crippen molar-refractivity contribution in [2.24, 2.45) is 5.73 Å². The molecule has 3 N–H and O–H groups in total. The van der Waals surface area contributed by atoms with Gasteiger partial charge in [0.15, 0.2) is 6.10 Å². The van der Waals surface area contributed by atoms with Crippen LogP contribution in [-0.4, -0.2) is 49.3 Å². The molecule has 0 aliphatic heterocycles. The number of carbonyl (C=O) groups excluding carboxylic acids is 2. The Labute approximate surface area is 416 Å². The maximum absolute atomic E-state index is 12.7. The van der Waals surface area contributed by atoms with E-state index in [1.54, 1.807) is 0 Å². The molecule has 0 aromatic rings. The summed E-state index contributed by atoms with van der Waals surface area (Å²) in [5, 5.41) is 0. The molecule has 0 aliphatic rings. The van der Waals surface area contributed by atoms with Crippen LogP contribution in [0.15, 0.2) is 0 Å². The summed E-state index contributed by atoms with van der Waals surface area (Å²) >= 11 is 0. The maximum Gasteiger partial charge on any atom is 0.472 e. The molecule has 0 saturated heterocycles. The van der Waals surface area contributed by atoms with Crippen LogP contribution in [0.5, 0.6) is 0 Å². The summed E-state index contributed by atoms with van der Waals surface area (Å²) in [5.74, 6) is -0.803. The third-order valence-electron chi connectivity index (χ3n) is 13.5. The molecule has 0 aromatic heterocycles. The van der Waals surface area contributed by atoms with E-state index in [0.29, 0.717) is 6.42 Å². The van der Waals surface area contributed by atoms with Gasteiger partial charge in [-0.15, -0.1) is 0 Å². The molecule has 9 nitrogen and oxygen atoms in total. The van der Waals surface area contributed by atoms with E-state index in [1.807, 2.05) is 0 Å². The maximum atomic E-state index is 12.7. The van der Waals surface area contributed by atoms with E-state index in [0.717, 1.165) is 32.1 Å². The second kappa shape index (κ2) is 54.3. The van der Waals surface area contributed by atoms with Crippen LogP contribution < -0.4 is 5.73 Å². The highest BCUT2D eigenvalue weighted by Crippen LogP contribution is 2.43. The number of carbonyl (C=O) groups is 2. The standard InChI is InChI=1S/C57H114NO8P/c1-3-5-7-9-11-13-15-17-19-21-22-23-24-25-26-27-28-29-30-31-32-33-34-36-38-40-42-44-46-48-50-57(60)66-55(54-65-67(61,62)64-52-51-58)53-63-56(59)49-47-45-43-41-39-37-35-20-18-16-14-12-10-8-6-4-2/h55H,3-54,58H2,1-2H3,(H,61,62). The quantitative estimate of drug-likeness (QED) is 0.0347. The zero-order valence-electron chi connectivity index (χ0n) is 44.7. The number of phosphoric acid groups is 1. The first-order valence-electron chi connectivity index (χ1n) is 29.5. The van der Waals surface area contributed by atoms with Gasteiger partial charge in [-0.25, -0.2) is 4.57 Å². The van der Waals surface area contributed by atoms with Gasteiger partial charge in [0, 0.05) is 19.4 Å². The molecular weight excluding hydrogens is 858 g/mol. The first-order chi connectivity index (χ1) is 32.8. The van der Waals surface area contributed by atoms with Crippen molar-refractivity contribution >= 4 is 19.8 Å². The fourth-order valence-corrected chi connectivity index (χ4v) is 9.88. The Kier molecular flexibility index (Phi) is 53.5. The highest BCUT2D eigenvalue weighted by Gasteiger charge is 2.26. The molecule has 10 heteroatoms. The number of phosphoric ester groups is 1. The molecule has 0 amide bonds. The number of unbranched alkanes of at least 4 members (excludes halogenated alkanes) is 44. The van der Waals surface area contributed by atoms with Crippen molar-refractivity contribution in [2.45, 2.75) is 328 Å². The van der Waals surface area contributed by atoms with Crippen LogP contribution in [0, 0.1) is 0 Å². The first kappa shape index (κ1) is 66.0. The number of rotatable bonds is 57. The fourth-order valence-electron chi connectivity index (χ4n) is 9.11. The third-order valence-corrected chi connectivity index (χ3v) is 14.5. The van der Waals surface area contributed by atoms with Gasteiger partial charge in [-0.1, -0.05) is 296 Å². The molecule has 0 aliphatic carbocycles. The monoisotopic (exact) mass is 972 g/mol. The topological polar surface area (TPSA) is 134 Å². The van der Waals surface area contributed by atoms with Gasteiger partial charge in [-0.05, 0) is 12.8 Å². The molecule has 2 atom stereocenters. The summed E-state index contributed by atoms with van der Waals surface area (Å²) in [6.07, 6.45) is 60.3. The summed E-state index contributed by atoms with van der Waals surface area (Å²) < 4.78 is 33.0. The van der Waals surface area contributed by atoms with E-state index in [4.69, 9.17) is 24.3 Å². The minimum absolute atomic E-state index is 0.0585. The molecule has 400 valence electrons. The summed E-state index contributed by atoms with van der Waals surface area (Å²) in [6.45, 7) is 3.82. The van der Waals surface area contributed by atoms with E-state index in [2.05, 4.69) is 13.8 Å². The van der Waals surface area contributed by atoms with Crippen LogP contribution >= 0.6 is 7.82 Å². The van der Waals surface area contributed by atoms with Gasteiger partial charge >= 0.3 is 19.8 Å². The average Bonchev–Trinajstić information content (AvgIpc) is 3.32. The summed E-state index contributed by atoms with van der Waals surface area (Å²) in [4.78, 5) is 35.1. The van der Waals surface area contributed by atoms with E-state index in [1.165, 1.54) is 257 Å². The largest absolute Gasteiger partial charge is 0.472 e. The summed E-state index contributed by atoms with van der Waals surface area (Å²) in [6, 6.07) is 0. The minimum Gasteiger partial charge on any atom is -0.462 e. The molecule has 0 aromatic carbocycles. The highest BCUT2D eigenvalue weighted by atomic mass is 31.2. The molecule has 0 spiro atoms. The Morgan fingerprint density at radius 1 is 0.388 bits per heavy atom. The third kappa shape index (κ3) is 54.2. The highest BCUT2D eigenvalue weighted by molar-refractivity contribution is 7.47. The van der Waals surface area contributed by atoms with Gasteiger partial charge < -0.3 is 20.1 Å². The Morgan fingerprint density at radius 3 is 0.910 bits per heavy atom. The SMILES string of the molecule is CCCCCCCCCCCCCCCCCCCCCCCCCCCCCCCCC(=O)OC(COC(=O)CCCCCCCCCCCCCCCCCC)COP(=O)(O)OCCN. The summed E-state index contributed by atoms with van der Waals surface area (Å²) in [5.41, 5.74) is 5.38. The van der Waals surface area contributed by atoms with Crippen LogP contribution in [0.1, 0.15) is 322 Å². The van der Waals surface area contributed by atoms with E-state index in [9.17, 15) is 19.0 Å². The molecular formula is C57H114NO8P.